The van der Waals surface area contributed by atoms with Crippen LogP contribution < -0.4 is 14.8 Å². The minimum atomic E-state index is -0.336. The Bertz CT molecular complexity index is 1250. The number of carbonyl (C=O) groups is 1. The molecule has 32 heavy (non-hydrogen) atoms. The number of ether oxygens (including phenoxy) is 2. The van der Waals surface area contributed by atoms with E-state index in [0.29, 0.717) is 22.4 Å². The molecule has 164 valence electrons. The predicted octanol–water partition coefficient (Wildman–Crippen LogP) is 4.64. The Hall–Kier alpha value is -3.72. The van der Waals surface area contributed by atoms with Crippen LogP contribution in [0, 0.1) is 12.7 Å². The van der Waals surface area contributed by atoms with Crippen LogP contribution in [-0.4, -0.2) is 34.9 Å². The van der Waals surface area contributed by atoms with Gasteiger partial charge in [0.15, 0.2) is 11.5 Å². The van der Waals surface area contributed by atoms with E-state index in [1.807, 2.05) is 30.5 Å². The Labute approximate surface area is 188 Å². The van der Waals surface area contributed by atoms with Gasteiger partial charge in [0.05, 0.1) is 32.0 Å². The van der Waals surface area contributed by atoms with E-state index in [0.717, 1.165) is 22.5 Å². The van der Waals surface area contributed by atoms with Gasteiger partial charge in [-0.3, -0.25) is 4.79 Å². The van der Waals surface area contributed by atoms with E-state index in [4.69, 9.17) is 9.47 Å². The molecule has 0 saturated heterocycles. The SMILES string of the molecule is COc1ccc(-c2csc(-n3nc(C)cc3NC(=O)Cc3ccc(F)cc3)n2)cc1OC. The number of hydrogen-bond acceptors (Lipinski definition) is 6. The number of nitrogens with one attached hydrogen (secondary N) is 1. The molecule has 7 nitrogen and oxygen atoms in total. The van der Waals surface area contributed by atoms with Gasteiger partial charge < -0.3 is 14.8 Å². The highest BCUT2D eigenvalue weighted by atomic mass is 32.1. The van der Waals surface area contributed by atoms with Gasteiger partial charge in [0, 0.05) is 17.0 Å². The Morgan fingerprint density at radius 3 is 2.56 bits per heavy atom. The summed E-state index contributed by atoms with van der Waals surface area (Å²) in [6.45, 7) is 1.84. The summed E-state index contributed by atoms with van der Waals surface area (Å²) in [6, 6.07) is 13.2. The normalized spacial score (nSPS) is 10.8. The van der Waals surface area contributed by atoms with Crippen LogP contribution in [0.3, 0.4) is 0 Å². The summed E-state index contributed by atoms with van der Waals surface area (Å²) < 4.78 is 25.4. The van der Waals surface area contributed by atoms with Crippen molar-refractivity contribution in [3.63, 3.8) is 0 Å². The molecule has 9 heteroatoms. The third kappa shape index (κ3) is 4.62. The highest BCUT2D eigenvalue weighted by molar-refractivity contribution is 7.12. The number of thiazole rings is 1. The fraction of sp³-hybridized carbons (Fsp3) is 0.174. The number of halogens is 1. The fourth-order valence-corrected chi connectivity index (χ4v) is 3.99. The minimum absolute atomic E-state index is 0.124. The van der Waals surface area contributed by atoms with Gasteiger partial charge in [-0.2, -0.15) is 9.78 Å². The molecule has 0 saturated carbocycles. The molecule has 2 aromatic carbocycles. The highest BCUT2D eigenvalue weighted by Gasteiger charge is 2.16. The lowest BCUT2D eigenvalue weighted by atomic mass is 10.1. The van der Waals surface area contributed by atoms with E-state index >= 15 is 0 Å². The molecular weight excluding hydrogens is 431 g/mol. The number of anilines is 1. The fourth-order valence-electron chi connectivity index (χ4n) is 3.20. The van der Waals surface area contributed by atoms with Crippen LogP contribution in [-0.2, 0) is 11.2 Å². The first-order valence-corrected chi connectivity index (χ1v) is 10.6. The molecule has 0 unspecified atom stereocenters. The summed E-state index contributed by atoms with van der Waals surface area (Å²) in [5.74, 6) is 1.21. The topological polar surface area (TPSA) is 78.3 Å². The summed E-state index contributed by atoms with van der Waals surface area (Å²) in [4.78, 5) is 17.2. The smallest absolute Gasteiger partial charge is 0.229 e. The highest BCUT2D eigenvalue weighted by Crippen LogP contribution is 2.33. The van der Waals surface area contributed by atoms with Crippen molar-refractivity contribution >= 4 is 23.1 Å². The number of aromatic nitrogens is 3. The standard InChI is InChI=1S/C23H21FN4O3S/c1-14-10-21(26-22(29)11-15-4-7-17(24)8-5-15)28(27-14)23-25-18(13-32-23)16-6-9-19(30-2)20(12-16)31-3/h4-10,12-13H,11H2,1-3H3,(H,26,29). The molecule has 2 heterocycles. The number of benzene rings is 2. The van der Waals surface area contributed by atoms with Crippen LogP contribution in [0.15, 0.2) is 53.9 Å². The molecule has 0 radical (unpaired) electrons. The molecule has 0 spiro atoms. The zero-order valence-corrected chi connectivity index (χ0v) is 18.6. The van der Waals surface area contributed by atoms with Crippen molar-refractivity contribution in [2.24, 2.45) is 0 Å². The second-order valence-corrected chi connectivity index (χ2v) is 7.86. The lowest BCUT2D eigenvalue weighted by Crippen LogP contribution is -2.17. The molecule has 0 bridgehead atoms. The van der Waals surface area contributed by atoms with E-state index in [2.05, 4.69) is 15.4 Å². The van der Waals surface area contributed by atoms with Gasteiger partial charge in [0.25, 0.3) is 0 Å². The van der Waals surface area contributed by atoms with Gasteiger partial charge in [-0.05, 0) is 42.8 Å². The first-order valence-electron chi connectivity index (χ1n) is 9.76. The third-order valence-corrected chi connectivity index (χ3v) is 5.55. The van der Waals surface area contributed by atoms with Crippen LogP contribution in [0.4, 0.5) is 10.2 Å². The lowest BCUT2D eigenvalue weighted by molar-refractivity contribution is -0.115. The second kappa shape index (κ2) is 9.19. The number of rotatable bonds is 7. The first-order chi connectivity index (χ1) is 15.5. The van der Waals surface area contributed by atoms with E-state index in [1.165, 1.54) is 23.5 Å². The summed E-state index contributed by atoms with van der Waals surface area (Å²) in [7, 11) is 3.17. The zero-order chi connectivity index (χ0) is 22.7. The predicted molar refractivity (Wildman–Crippen MR) is 121 cm³/mol. The van der Waals surface area contributed by atoms with Gasteiger partial charge in [0.1, 0.15) is 11.6 Å². The number of amides is 1. The van der Waals surface area contributed by atoms with Gasteiger partial charge in [-0.1, -0.05) is 12.1 Å². The minimum Gasteiger partial charge on any atom is -0.493 e. The Balaban J connectivity index is 1.56. The number of nitrogens with zero attached hydrogens (tertiary/aromatic N) is 3. The maximum Gasteiger partial charge on any atom is 0.229 e. The maximum atomic E-state index is 13.1. The van der Waals surface area contributed by atoms with Crippen LogP contribution >= 0.6 is 11.3 Å². The summed E-state index contributed by atoms with van der Waals surface area (Å²) in [6.07, 6.45) is 0.124. The molecule has 0 aliphatic rings. The molecule has 1 N–H and O–H groups in total. The Morgan fingerprint density at radius 2 is 1.84 bits per heavy atom. The van der Waals surface area contributed by atoms with E-state index in [1.54, 1.807) is 37.1 Å². The van der Waals surface area contributed by atoms with Crippen molar-refractivity contribution in [2.75, 3.05) is 19.5 Å². The summed E-state index contributed by atoms with van der Waals surface area (Å²) in [5, 5.41) is 9.87. The first kappa shape index (κ1) is 21.5. The van der Waals surface area contributed by atoms with Gasteiger partial charge >= 0.3 is 0 Å². The molecule has 2 aromatic heterocycles. The largest absolute Gasteiger partial charge is 0.493 e. The Kier molecular flexibility index (Phi) is 6.18. The van der Waals surface area contributed by atoms with Crippen molar-refractivity contribution in [1.82, 2.24) is 14.8 Å². The van der Waals surface area contributed by atoms with Crippen LogP contribution in [0.1, 0.15) is 11.3 Å². The third-order valence-electron chi connectivity index (χ3n) is 4.73. The molecule has 4 rings (SSSR count). The second-order valence-electron chi connectivity index (χ2n) is 7.02. The van der Waals surface area contributed by atoms with Crippen molar-refractivity contribution < 1.29 is 18.7 Å². The molecule has 0 aliphatic carbocycles. The molecule has 1 amide bonds. The van der Waals surface area contributed by atoms with Crippen molar-refractivity contribution in [1.29, 1.82) is 0 Å². The van der Waals surface area contributed by atoms with Gasteiger partial charge in [-0.25, -0.2) is 9.37 Å². The van der Waals surface area contributed by atoms with Gasteiger partial charge in [0.2, 0.25) is 11.0 Å². The molecular formula is C23H21FN4O3S. The van der Waals surface area contributed by atoms with Crippen molar-refractivity contribution in [3.8, 4) is 27.9 Å². The average molecular weight is 453 g/mol. The number of methoxy groups -OCH3 is 2. The monoisotopic (exact) mass is 452 g/mol. The van der Waals surface area contributed by atoms with Crippen LogP contribution in [0.5, 0.6) is 11.5 Å². The average Bonchev–Trinajstić information content (AvgIpc) is 3.41. The summed E-state index contributed by atoms with van der Waals surface area (Å²) in [5.41, 5.74) is 3.08. The lowest BCUT2D eigenvalue weighted by Gasteiger charge is -2.08. The van der Waals surface area contributed by atoms with E-state index in [9.17, 15) is 9.18 Å². The van der Waals surface area contributed by atoms with Crippen LogP contribution in [0.25, 0.3) is 16.4 Å². The Morgan fingerprint density at radius 1 is 1.09 bits per heavy atom. The molecule has 0 atom stereocenters. The van der Waals surface area contributed by atoms with Crippen molar-refractivity contribution in [3.05, 3.63) is 71.0 Å². The van der Waals surface area contributed by atoms with Crippen LogP contribution in [0.2, 0.25) is 0 Å². The zero-order valence-electron chi connectivity index (χ0n) is 17.8. The molecule has 0 fully saturated rings. The summed E-state index contributed by atoms with van der Waals surface area (Å²) >= 11 is 1.41. The molecule has 0 aliphatic heterocycles. The number of aryl methyl sites for hydroxylation is 1. The maximum absolute atomic E-state index is 13.1. The van der Waals surface area contributed by atoms with E-state index < -0.39 is 0 Å². The number of carbonyl (C=O) groups excluding carboxylic acids is 1. The molecule has 4 aromatic rings. The number of hydrogen-bond donors (Lipinski definition) is 1. The quantitative estimate of drug-likeness (QED) is 0.442. The van der Waals surface area contributed by atoms with Crippen molar-refractivity contribution in [2.45, 2.75) is 13.3 Å². The van der Waals surface area contributed by atoms with E-state index in [-0.39, 0.29) is 18.1 Å². The van der Waals surface area contributed by atoms with Gasteiger partial charge in [-0.15, -0.1) is 11.3 Å².